The van der Waals surface area contributed by atoms with Crippen LogP contribution in [0.1, 0.15) is 16.3 Å². The summed E-state index contributed by atoms with van der Waals surface area (Å²) in [6.45, 7) is 9.86. The van der Waals surface area contributed by atoms with Crippen LogP contribution in [0.5, 0.6) is 0 Å². The maximum Gasteiger partial charge on any atom is 0.107 e. The van der Waals surface area contributed by atoms with Crippen LogP contribution in [0.4, 0.5) is 0 Å². The molecule has 3 rings (SSSR count). The van der Waals surface area contributed by atoms with Gasteiger partial charge in [0.05, 0.1) is 13.2 Å². The third-order valence-corrected chi connectivity index (χ3v) is 5.40. The Labute approximate surface area is 137 Å². The van der Waals surface area contributed by atoms with E-state index in [-0.39, 0.29) is 0 Å². The van der Waals surface area contributed by atoms with Crippen molar-refractivity contribution in [1.29, 1.82) is 0 Å². The molecule has 0 spiro atoms. The highest BCUT2D eigenvalue weighted by molar-refractivity contribution is 7.11. The van der Waals surface area contributed by atoms with Crippen LogP contribution in [0.15, 0.2) is 6.20 Å². The predicted octanol–water partition coefficient (Wildman–Crippen LogP) is 1.36. The van der Waals surface area contributed by atoms with Gasteiger partial charge in [-0.3, -0.25) is 4.90 Å². The van der Waals surface area contributed by atoms with Gasteiger partial charge in [-0.15, -0.1) is 11.3 Å². The van der Waals surface area contributed by atoms with E-state index in [1.807, 2.05) is 17.5 Å². The summed E-state index contributed by atoms with van der Waals surface area (Å²) in [6.07, 6.45) is 3.28. The molecule has 5 nitrogen and oxygen atoms in total. The van der Waals surface area contributed by atoms with Gasteiger partial charge in [-0.25, -0.2) is 4.98 Å². The number of piperazine rings is 1. The monoisotopic (exact) mass is 324 g/mol. The first-order valence-corrected chi connectivity index (χ1v) is 9.11. The van der Waals surface area contributed by atoms with Gasteiger partial charge in [-0.05, 0) is 26.4 Å². The zero-order chi connectivity index (χ0) is 15.4. The normalized spacial score (nSPS) is 24.4. The van der Waals surface area contributed by atoms with E-state index in [4.69, 9.17) is 4.74 Å². The van der Waals surface area contributed by atoms with Crippen molar-refractivity contribution in [2.75, 3.05) is 60.0 Å². The van der Waals surface area contributed by atoms with Crippen molar-refractivity contribution in [2.45, 2.75) is 19.5 Å². The molecular formula is C16H28N4OS. The molecule has 0 amide bonds. The first-order chi connectivity index (χ1) is 10.7. The molecule has 1 atom stereocenters. The van der Waals surface area contributed by atoms with E-state index < -0.39 is 0 Å². The Morgan fingerprint density at radius 3 is 2.73 bits per heavy atom. The predicted molar refractivity (Wildman–Crippen MR) is 90.1 cm³/mol. The Bertz CT molecular complexity index is 451. The van der Waals surface area contributed by atoms with Gasteiger partial charge in [-0.2, -0.15) is 0 Å². The van der Waals surface area contributed by atoms with Crippen molar-refractivity contribution >= 4 is 11.3 Å². The Kier molecular flexibility index (Phi) is 5.82. The van der Waals surface area contributed by atoms with E-state index in [2.05, 4.69) is 33.8 Å². The number of rotatable bonds is 6. The fraction of sp³-hybridized carbons (Fsp3) is 0.812. The average molecular weight is 324 g/mol. The van der Waals surface area contributed by atoms with Gasteiger partial charge in [-0.1, -0.05) is 0 Å². The molecule has 0 aromatic carbocycles. The molecule has 2 aliphatic rings. The largest absolute Gasteiger partial charge is 0.381 e. The molecule has 0 saturated carbocycles. The molecule has 0 aliphatic carbocycles. The van der Waals surface area contributed by atoms with Crippen LogP contribution in [0, 0.1) is 5.92 Å². The minimum atomic E-state index is 0.763. The second kappa shape index (κ2) is 7.84. The Morgan fingerprint density at radius 1 is 1.27 bits per heavy atom. The number of hydrogen-bond acceptors (Lipinski definition) is 6. The first kappa shape index (κ1) is 16.3. The van der Waals surface area contributed by atoms with Crippen molar-refractivity contribution in [2.24, 2.45) is 5.92 Å². The zero-order valence-corrected chi connectivity index (χ0v) is 14.6. The second-order valence-corrected chi connectivity index (χ2v) is 7.96. The Balaban J connectivity index is 1.40. The molecule has 6 heteroatoms. The topological polar surface area (TPSA) is 31.8 Å². The lowest BCUT2D eigenvalue weighted by Gasteiger charge is -2.35. The summed E-state index contributed by atoms with van der Waals surface area (Å²) in [6, 6.07) is 0. The van der Waals surface area contributed by atoms with E-state index >= 15 is 0 Å². The molecular weight excluding hydrogens is 296 g/mol. The molecule has 0 N–H and O–H groups in total. The van der Waals surface area contributed by atoms with Gasteiger partial charge >= 0.3 is 0 Å². The molecule has 124 valence electrons. The van der Waals surface area contributed by atoms with E-state index in [1.54, 1.807) is 0 Å². The van der Waals surface area contributed by atoms with Crippen molar-refractivity contribution in [3.8, 4) is 0 Å². The van der Waals surface area contributed by atoms with Crippen LogP contribution in [-0.4, -0.2) is 79.7 Å². The summed E-state index contributed by atoms with van der Waals surface area (Å²) in [7, 11) is 4.21. The third kappa shape index (κ3) is 4.73. The molecule has 2 aliphatic heterocycles. The van der Waals surface area contributed by atoms with Crippen LogP contribution in [0.2, 0.25) is 0 Å². The van der Waals surface area contributed by atoms with Crippen molar-refractivity contribution < 1.29 is 4.74 Å². The number of aromatic nitrogens is 1. The van der Waals surface area contributed by atoms with E-state index in [1.165, 1.54) is 35.9 Å². The highest BCUT2D eigenvalue weighted by atomic mass is 32.1. The lowest BCUT2D eigenvalue weighted by atomic mass is 10.1. The van der Waals surface area contributed by atoms with Crippen molar-refractivity contribution in [1.82, 2.24) is 19.7 Å². The number of ether oxygens (including phenoxy) is 1. The lowest BCUT2D eigenvalue weighted by molar-refractivity contribution is 0.107. The number of thiazole rings is 1. The van der Waals surface area contributed by atoms with Gasteiger partial charge in [0.1, 0.15) is 5.01 Å². The SMILES string of the molecule is CN(C)Cc1cnc(CN2CCN(C[C@H]3CCOC3)CC2)s1. The van der Waals surface area contributed by atoms with Gasteiger partial charge < -0.3 is 14.5 Å². The van der Waals surface area contributed by atoms with Crippen molar-refractivity contribution in [3.63, 3.8) is 0 Å². The van der Waals surface area contributed by atoms with Gasteiger partial charge in [0.15, 0.2) is 0 Å². The maximum atomic E-state index is 5.48. The molecule has 0 unspecified atom stereocenters. The van der Waals surface area contributed by atoms with Crippen LogP contribution in [0.3, 0.4) is 0 Å². The average Bonchev–Trinajstić information content (AvgIpc) is 3.13. The Hall–Kier alpha value is -0.530. The minimum Gasteiger partial charge on any atom is -0.381 e. The molecule has 2 saturated heterocycles. The minimum absolute atomic E-state index is 0.763. The quantitative estimate of drug-likeness (QED) is 0.789. The molecule has 22 heavy (non-hydrogen) atoms. The highest BCUT2D eigenvalue weighted by Gasteiger charge is 2.23. The van der Waals surface area contributed by atoms with Crippen LogP contribution in [-0.2, 0) is 17.8 Å². The summed E-state index contributed by atoms with van der Waals surface area (Å²) in [5.74, 6) is 0.763. The highest BCUT2D eigenvalue weighted by Crippen LogP contribution is 2.18. The molecule has 1 aromatic heterocycles. The van der Waals surface area contributed by atoms with Crippen LogP contribution < -0.4 is 0 Å². The number of hydrogen-bond donors (Lipinski definition) is 0. The maximum absolute atomic E-state index is 5.48. The lowest BCUT2D eigenvalue weighted by Crippen LogP contribution is -2.47. The van der Waals surface area contributed by atoms with Crippen LogP contribution >= 0.6 is 11.3 Å². The van der Waals surface area contributed by atoms with Crippen molar-refractivity contribution in [3.05, 3.63) is 16.1 Å². The molecule has 0 bridgehead atoms. The fourth-order valence-corrected chi connectivity index (χ4v) is 4.30. The van der Waals surface area contributed by atoms with Gasteiger partial charge in [0.25, 0.3) is 0 Å². The van der Waals surface area contributed by atoms with Gasteiger partial charge in [0.2, 0.25) is 0 Å². The fourth-order valence-electron chi connectivity index (χ4n) is 3.22. The summed E-state index contributed by atoms with van der Waals surface area (Å²) in [4.78, 5) is 13.3. The summed E-state index contributed by atoms with van der Waals surface area (Å²) in [5, 5.41) is 1.26. The van der Waals surface area contributed by atoms with Gasteiger partial charge in [0, 0.05) is 56.9 Å². The van der Waals surface area contributed by atoms with E-state index in [0.717, 1.165) is 45.3 Å². The molecule has 3 heterocycles. The summed E-state index contributed by atoms with van der Waals surface area (Å²) >= 11 is 1.86. The third-order valence-electron chi connectivity index (χ3n) is 4.44. The molecule has 2 fully saturated rings. The summed E-state index contributed by atoms with van der Waals surface area (Å²) < 4.78 is 5.48. The standard InChI is InChI=1S/C16H28N4OS/c1-18(2)11-15-9-17-16(22-15)12-20-6-4-19(5-7-20)10-14-3-8-21-13-14/h9,14H,3-8,10-13H2,1-2H3/t14-/m1/s1. The van der Waals surface area contributed by atoms with Crippen LogP contribution in [0.25, 0.3) is 0 Å². The smallest absolute Gasteiger partial charge is 0.107 e. The zero-order valence-electron chi connectivity index (χ0n) is 13.8. The molecule has 0 radical (unpaired) electrons. The second-order valence-electron chi connectivity index (χ2n) is 6.76. The van der Waals surface area contributed by atoms with E-state index in [0.29, 0.717) is 0 Å². The van der Waals surface area contributed by atoms with E-state index in [9.17, 15) is 0 Å². The first-order valence-electron chi connectivity index (χ1n) is 8.30. The Morgan fingerprint density at radius 2 is 2.05 bits per heavy atom. The number of nitrogens with zero attached hydrogens (tertiary/aromatic N) is 4. The molecule has 1 aromatic rings. The summed E-state index contributed by atoms with van der Waals surface area (Å²) in [5.41, 5.74) is 0.